The number of sulfone groups is 1. The van der Waals surface area contributed by atoms with Crippen LogP contribution in [0.2, 0.25) is 0 Å². The fourth-order valence-electron chi connectivity index (χ4n) is 3.03. The third kappa shape index (κ3) is 4.33. The molecule has 8 heteroatoms. The van der Waals surface area contributed by atoms with Crippen molar-refractivity contribution in [2.75, 3.05) is 29.1 Å². The Kier molecular flexibility index (Phi) is 5.69. The Hall–Kier alpha value is -2.87. The molecule has 0 spiro atoms. The van der Waals surface area contributed by atoms with Gasteiger partial charge < -0.3 is 15.2 Å². The highest BCUT2D eigenvalue weighted by atomic mass is 32.2. The molecule has 3 aromatic rings. The third-order valence-corrected chi connectivity index (χ3v) is 5.94. The summed E-state index contributed by atoms with van der Waals surface area (Å²) in [6.45, 7) is 7.83. The first kappa shape index (κ1) is 19.9. The number of aromatic nitrogens is 2. The number of aromatic amines is 1. The minimum atomic E-state index is -3.87. The minimum absolute atomic E-state index is 0.194. The molecule has 2 aromatic carbocycles. The van der Waals surface area contributed by atoms with Crippen molar-refractivity contribution < 1.29 is 13.2 Å². The Balaban J connectivity index is 1.70. The van der Waals surface area contributed by atoms with Gasteiger partial charge in [-0.1, -0.05) is 6.07 Å². The molecule has 0 aliphatic carbocycles. The summed E-state index contributed by atoms with van der Waals surface area (Å²) >= 11 is 0. The Morgan fingerprint density at radius 2 is 1.79 bits per heavy atom. The highest BCUT2D eigenvalue weighted by Crippen LogP contribution is 2.19. The third-order valence-electron chi connectivity index (χ3n) is 4.51. The molecule has 7 nitrogen and oxygen atoms in total. The second-order valence-electron chi connectivity index (χ2n) is 6.59. The van der Waals surface area contributed by atoms with Crippen LogP contribution in [0.4, 0.5) is 11.4 Å². The van der Waals surface area contributed by atoms with Crippen LogP contribution in [0.15, 0.2) is 47.6 Å². The zero-order valence-electron chi connectivity index (χ0n) is 16.2. The van der Waals surface area contributed by atoms with Gasteiger partial charge >= 0.3 is 0 Å². The Morgan fingerprint density at radius 1 is 1.11 bits per heavy atom. The average molecular weight is 401 g/mol. The number of nitrogens with one attached hydrogen (secondary N) is 2. The van der Waals surface area contributed by atoms with Crippen LogP contribution >= 0.6 is 0 Å². The molecule has 0 bridgehead atoms. The molecule has 0 unspecified atom stereocenters. The smallest absolute Gasteiger partial charge is 0.240 e. The standard InChI is InChI=1S/C20H24N4O3S/c1-4-24(5-2)16-9-7-15(8-10-16)21-19(25)13-28(26,27)20-22-17-11-6-14(3)12-18(17)23-20/h6-12H,4-5,13H2,1-3H3,(H,21,25)(H,22,23). The second-order valence-corrected chi connectivity index (χ2v) is 8.49. The summed E-state index contributed by atoms with van der Waals surface area (Å²) in [7, 11) is -3.87. The molecule has 0 saturated heterocycles. The molecule has 1 heterocycles. The molecule has 0 aliphatic heterocycles. The van der Waals surface area contributed by atoms with Gasteiger partial charge in [-0.25, -0.2) is 13.4 Å². The fraction of sp³-hybridized carbons (Fsp3) is 0.300. The second kappa shape index (κ2) is 8.02. The van der Waals surface area contributed by atoms with Crippen LogP contribution in [0.1, 0.15) is 19.4 Å². The molecule has 0 saturated carbocycles. The number of amides is 1. The van der Waals surface area contributed by atoms with Gasteiger partial charge in [0.1, 0.15) is 5.75 Å². The number of rotatable bonds is 7. The zero-order chi connectivity index (χ0) is 20.3. The van der Waals surface area contributed by atoms with E-state index in [-0.39, 0.29) is 5.16 Å². The van der Waals surface area contributed by atoms with Gasteiger partial charge in [0.05, 0.1) is 11.0 Å². The highest BCUT2D eigenvalue weighted by Gasteiger charge is 2.23. The molecule has 28 heavy (non-hydrogen) atoms. The van der Waals surface area contributed by atoms with Crippen LogP contribution < -0.4 is 10.2 Å². The van der Waals surface area contributed by atoms with Crippen LogP contribution in [0.3, 0.4) is 0 Å². The number of imidazole rings is 1. The largest absolute Gasteiger partial charge is 0.372 e. The lowest BCUT2D eigenvalue weighted by molar-refractivity contribution is -0.113. The number of hydrogen-bond acceptors (Lipinski definition) is 5. The number of anilines is 2. The lowest BCUT2D eigenvalue weighted by atomic mass is 10.2. The van der Waals surface area contributed by atoms with Gasteiger partial charge in [-0.05, 0) is 62.7 Å². The number of carbonyl (C=O) groups is 1. The Bertz CT molecular complexity index is 1080. The molecule has 2 N–H and O–H groups in total. The average Bonchev–Trinajstić information content (AvgIpc) is 3.08. The minimum Gasteiger partial charge on any atom is -0.372 e. The monoisotopic (exact) mass is 400 g/mol. The molecular weight excluding hydrogens is 376 g/mol. The summed E-state index contributed by atoms with van der Waals surface area (Å²) in [4.78, 5) is 21.3. The first-order valence-electron chi connectivity index (χ1n) is 9.16. The topological polar surface area (TPSA) is 95.2 Å². The van der Waals surface area contributed by atoms with Crippen LogP contribution in [0, 0.1) is 6.92 Å². The lowest BCUT2D eigenvalue weighted by Crippen LogP contribution is -2.24. The normalized spacial score (nSPS) is 11.5. The van der Waals surface area contributed by atoms with E-state index in [2.05, 4.69) is 34.0 Å². The number of carbonyl (C=O) groups excluding carboxylic acids is 1. The molecule has 3 rings (SSSR count). The number of H-pyrrole nitrogens is 1. The van der Waals surface area contributed by atoms with E-state index < -0.39 is 21.5 Å². The van der Waals surface area contributed by atoms with E-state index in [1.165, 1.54) is 0 Å². The van der Waals surface area contributed by atoms with E-state index in [1.807, 2.05) is 31.2 Å². The van der Waals surface area contributed by atoms with Crippen molar-refractivity contribution in [2.24, 2.45) is 0 Å². The highest BCUT2D eigenvalue weighted by molar-refractivity contribution is 7.92. The van der Waals surface area contributed by atoms with Gasteiger partial charge in [-0.3, -0.25) is 4.79 Å². The Labute approximate surface area is 164 Å². The molecule has 1 amide bonds. The molecule has 0 aliphatic rings. The summed E-state index contributed by atoms with van der Waals surface area (Å²) < 4.78 is 25.1. The van der Waals surface area contributed by atoms with Crippen LogP contribution in [0.25, 0.3) is 11.0 Å². The van der Waals surface area contributed by atoms with Crippen molar-refractivity contribution in [3.05, 3.63) is 48.0 Å². The Morgan fingerprint density at radius 3 is 2.43 bits per heavy atom. The quantitative estimate of drug-likeness (QED) is 0.635. The van der Waals surface area contributed by atoms with Crippen LogP contribution in [0.5, 0.6) is 0 Å². The van der Waals surface area contributed by atoms with Gasteiger partial charge in [0, 0.05) is 24.5 Å². The fourth-order valence-corrected chi connectivity index (χ4v) is 4.09. The van der Waals surface area contributed by atoms with Gasteiger partial charge in [0.15, 0.2) is 0 Å². The maximum Gasteiger partial charge on any atom is 0.240 e. The van der Waals surface area contributed by atoms with Gasteiger partial charge in [-0.15, -0.1) is 0 Å². The molecule has 0 atom stereocenters. The number of aryl methyl sites for hydroxylation is 1. The van der Waals surface area contributed by atoms with Crippen molar-refractivity contribution in [1.82, 2.24) is 9.97 Å². The predicted molar refractivity (Wildman–Crippen MR) is 112 cm³/mol. The number of nitrogens with zero attached hydrogens (tertiary/aromatic N) is 2. The summed E-state index contributed by atoms with van der Waals surface area (Å²) in [6, 6.07) is 12.8. The van der Waals surface area contributed by atoms with Gasteiger partial charge in [-0.2, -0.15) is 0 Å². The molecule has 148 valence electrons. The molecule has 0 radical (unpaired) electrons. The van der Waals surface area contributed by atoms with Crippen molar-refractivity contribution in [2.45, 2.75) is 25.9 Å². The number of hydrogen-bond donors (Lipinski definition) is 2. The van der Waals surface area contributed by atoms with Crippen LogP contribution in [-0.4, -0.2) is 43.1 Å². The summed E-state index contributed by atoms with van der Waals surface area (Å²) in [6.07, 6.45) is 0. The SMILES string of the molecule is CCN(CC)c1ccc(NC(=O)CS(=O)(=O)c2nc3ccc(C)cc3[nH]2)cc1. The summed E-state index contributed by atoms with van der Waals surface area (Å²) in [5, 5.41) is 2.44. The van der Waals surface area contributed by atoms with E-state index >= 15 is 0 Å². The molecule has 0 fully saturated rings. The van der Waals surface area contributed by atoms with E-state index in [1.54, 1.807) is 18.2 Å². The van der Waals surface area contributed by atoms with Crippen molar-refractivity contribution in [1.29, 1.82) is 0 Å². The van der Waals surface area contributed by atoms with Crippen molar-refractivity contribution in [3.63, 3.8) is 0 Å². The van der Waals surface area contributed by atoms with E-state index in [9.17, 15) is 13.2 Å². The predicted octanol–water partition coefficient (Wildman–Crippen LogP) is 3.13. The van der Waals surface area contributed by atoms with Gasteiger partial charge in [0.2, 0.25) is 20.9 Å². The lowest BCUT2D eigenvalue weighted by Gasteiger charge is -2.21. The first-order valence-corrected chi connectivity index (χ1v) is 10.8. The molecule has 1 aromatic heterocycles. The van der Waals surface area contributed by atoms with E-state index in [4.69, 9.17) is 0 Å². The zero-order valence-corrected chi connectivity index (χ0v) is 17.0. The number of fused-ring (bicyclic) bond motifs is 1. The van der Waals surface area contributed by atoms with Gasteiger partial charge in [0.25, 0.3) is 0 Å². The van der Waals surface area contributed by atoms with Crippen LogP contribution in [-0.2, 0) is 14.6 Å². The van der Waals surface area contributed by atoms with Crippen molar-refractivity contribution >= 4 is 38.2 Å². The number of benzene rings is 2. The first-order chi connectivity index (χ1) is 13.3. The van der Waals surface area contributed by atoms with Crippen molar-refractivity contribution in [3.8, 4) is 0 Å². The summed E-state index contributed by atoms with van der Waals surface area (Å²) in [5.41, 5.74) is 3.78. The maximum absolute atomic E-state index is 12.5. The van der Waals surface area contributed by atoms with E-state index in [0.29, 0.717) is 16.7 Å². The maximum atomic E-state index is 12.5. The summed E-state index contributed by atoms with van der Waals surface area (Å²) in [5.74, 6) is -1.28. The molecular formula is C20H24N4O3S. The van der Waals surface area contributed by atoms with E-state index in [0.717, 1.165) is 24.3 Å².